The third-order valence-electron chi connectivity index (χ3n) is 4.58. The van der Waals surface area contributed by atoms with E-state index >= 15 is 0 Å². The maximum absolute atomic E-state index is 13.1. The Labute approximate surface area is 159 Å². The number of nitro benzene ring substituents is 1. The Morgan fingerprint density at radius 3 is 2.54 bits per heavy atom. The summed E-state index contributed by atoms with van der Waals surface area (Å²) in [6.07, 6.45) is 0.373. The number of hydrogen-bond donors (Lipinski definition) is 2. The Balaban J connectivity index is 1.72. The molecule has 1 aliphatic heterocycles. The SMILES string of the molecule is O=C(O)c1cc(C(=O)NC[C@@H]2CCO[C@H]2c2ccc(F)cc2)cc([N+](=O)[O-])c1. The van der Waals surface area contributed by atoms with E-state index in [0.717, 1.165) is 23.8 Å². The van der Waals surface area contributed by atoms with Crippen molar-refractivity contribution < 1.29 is 28.7 Å². The van der Waals surface area contributed by atoms with Gasteiger partial charge in [0, 0.05) is 36.8 Å². The quantitative estimate of drug-likeness (QED) is 0.580. The number of carboxylic acid groups (broad SMARTS) is 1. The van der Waals surface area contributed by atoms with Crippen molar-refractivity contribution in [2.24, 2.45) is 5.92 Å². The molecule has 0 spiro atoms. The lowest BCUT2D eigenvalue weighted by Crippen LogP contribution is -2.30. The molecule has 2 atom stereocenters. The van der Waals surface area contributed by atoms with Gasteiger partial charge in [-0.2, -0.15) is 0 Å². The van der Waals surface area contributed by atoms with Gasteiger partial charge in [-0.15, -0.1) is 0 Å². The van der Waals surface area contributed by atoms with Crippen molar-refractivity contribution in [2.75, 3.05) is 13.2 Å². The van der Waals surface area contributed by atoms with Gasteiger partial charge in [-0.25, -0.2) is 9.18 Å². The number of aromatic carboxylic acids is 1. The highest BCUT2D eigenvalue weighted by Crippen LogP contribution is 2.34. The van der Waals surface area contributed by atoms with Gasteiger partial charge in [0.1, 0.15) is 5.82 Å². The molecule has 0 saturated carbocycles. The summed E-state index contributed by atoms with van der Waals surface area (Å²) in [6.45, 7) is 0.717. The number of ether oxygens (including phenoxy) is 1. The first-order chi connectivity index (χ1) is 13.3. The zero-order chi connectivity index (χ0) is 20.3. The van der Waals surface area contributed by atoms with Gasteiger partial charge in [0.2, 0.25) is 0 Å². The van der Waals surface area contributed by atoms with Crippen LogP contribution in [0.5, 0.6) is 0 Å². The number of halogens is 1. The molecule has 0 aromatic heterocycles. The smallest absolute Gasteiger partial charge is 0.335 e. The average molecular weight is 388 g/mol. The van der Waals surface area contributed by atoms with Crippen molar-refractivity contribution in [1.29, 1.82) is 0 Å². The summed E-state index contributed by atoms with van der Waals surface area (Å²) in [6, 6.07) is 8.94. The van der Waals surface area contributed by atoms with Gasteiger partial charge in [0.05, 0.1) is 16.6 Å². The summed E-state index contributed by atoms with van der Waals surface area (Å²) in [5, 5.41) is 22.7. The van der Waals surface area contributed by atoms with Gasteiger partial charge in [0.15, 0.2) is 0 Å². The highest BCUT2D eigenvalue weighted by Gasteiger charge is 2.30. The Morgan fingerprint density at radius 1 is 1.21 bits per heavy atom. The predicted molar refractivity (Wildman–Crippen MR) is 95.6 cm³/mol. The second-order valence-corrected chi connectivity index (χ2v) is 6.43. The summed E-state index contributed by atoms with van der Waals surface area (Å²) >= 11 is 0. The molecule has 3 rings (SSSR count). The number of rotatable bonds is 6. The van der Waals surface area contributed by atoms with Crippen LogP contribution in [0.4, 0.5) is 10.1 Å². The molecule has 0 bridgehead atoms. The summed E-state index contributed by atoms with van der Waals surface area (Å²) in [5.74, 6) is -2.40. The molecule has 1 saturated heterocycles. The number of non-ortho nitro benzene ring substituents is 1. The van der Waals surface area contributed by atoms with E-state index in [0.29, 0.717) is 13.0 Å². The van der Waals surface area contributed by atoms with E-state index < -0.39 is 22.5 Å². The summed E-state index contributed by atoms with van der Waals surface area (Å²) in [5.41, 5.74) is -0.128. The van der Waals surface area contributed by atoms with Crippen molar-refractivity contribution in [3.63, 3.8) is 0 Å². The van der Waals surface area contributed by atoms with Crippen molar-refractivity contribution in [3.05, 3.63) is 75.1 Å². The van der Waals surface area contributed by atoms with E-state index in [1.807, 2.05) is 0 Å². The Kier molecular flexibility index (Phi) is 5.65. The largest absolute Gasteiger partial charge is 0.478 e. The molecule has 2 aromatic carbocycles. The third kappa shape index (κ3) is 4.32. The van der Waals surface area contributed by atoms with Crippen LogP contribution in [0.15, 0.2) is 42.5 Å². The lowest BCUT2D eigenvalue weighted by Gasteiger charge is -2.19. The van der Waals surface area contributed by atoms with E-state index in [1.165, 1.54) is 12.1 Å². The summed E-state index contributed by atoms with van der Waals surface area (Å²) < 4.78 is 18.8. The van der Waals surface area contributed by atoms with Gasteiger partial charge < -0.3 is 15.2 Å². The number of nitrogens with one attached hydrogen (secondary N) is 1. The number of carboxylic acids is 1. The van der Waals surface area contributed by atoms with Gasteiger partial charge in [-0.1, -0.05) is 12.1 Å². The zero-order valence-corrected chi connectivity index (χ0v) is 14.6. The van der Waals surface area contributed by atoms with E-state index in [1.54, 1.807) is 12.1 Å². The van der Waals surface area contributed by atoms with Crippen molar-refractivity contribution in [1.82, 2.24) is 5.32 Å². The van der Waals surface area contributed by atoms with Crippen molar-refractivity contribution in [2.45, 2.75) is 12.5 Å². The second-order valence-electron chi connectivity index (χ2n) is 6.43. The molecule has 1 amide bonds. The minimum absolute atomic E-state index is 0.0629. The lowest BCUT2D eigenvalue weighted by atomic mass is 9.95. The standard InChI is InChI=1S/C19H17FN2O6/c20-15-3-1-11(2-4-15)17-12(5-6-28-17)10-21-18(23)13-7-14(19(24)25)9-16(8-13)22(26)27/h1-4,7-9,12,17H,5-6,10H2,(H,21,23)(H,24,25)/t12-,17-/m0/s1. The minimum Gasteiger partial charge on any atom is -0.478 e. The lowest BCUT2D eigenvalue weighted by molar-refractivity contribution is -0.384. The molecule has 2 aromatic rings. The molecule has 146 valence electrons. The number of nitrogens with zero attached hydrogens (tertiary/aromatic N) is 1. The summed E-state index contributed by atoms with van der Waals surface area (Å²) in [7, 11) is 0. The molecule has 2 N–H and O–H groups in total. The molecule has 9 heteroatoms. The Hall–Kier alpha value is -3.33. The molecule has 0 aliphatic carbocycles. The molecule has 28 heavy (non-hydrogen) atoms. The normalized spacial score (nSPS) is 18.6. The topological polar surface area (TPSA) is 119 Å². The van der Waals surface area contributed by atoms with Gasteiger partial charge >= 0.3 is 5.97 Å². The minimum atomic E-state index is -1.36. The third-order valence-corrected chi connectivity index (χ3v) is 4.58. The Morgan fingerprint density at radius 2 is 1.89 bits per heavy atom. The van der Waals surface area contributed by atoms with Gasteiger partial charge in [-0.05, 0) is 30.2 Å². The molecular weight excluding hydrogens is 371 g/mol. The highest BCUT2D eigenvalue weighted by atomic mass is 19.1. The Bertz CT molecular complexity index is 883. The maximum Gasteiger partial charge on any atom is 0.335 e. The molecule has 0 unspecified atom stereocenters. The first kappa shape index (κ1) is 19.4. The fraction of sp³-hybridized carbons (Fsp3) is 0.263. The number of benzene rings is 2. The first-order valence-electron chi connectivity index (χ1n) is 8.53. The molecular formula is C19H17FN2O6. The number of nitro groups is 1. The van der Waals surface area contributed by atoms with Crippen LogP contribution in [0.25, 0.3) is 0 Å². The van der Waals surface area contributed by atoms with Crippen molar-refractivity contribution >= 4 is 17.6 Å². The van der Waals surface area contributed by atoms with E-state index in [4.69, 9.17) is 9.84 Å². The van der Waals surface area contributed by atoms with Gasteiger partial charge in [-0.3, -0.25) is 14.9 Å². The fourth-order valence-corrected chi connectivity index (χ4v) is 3.16. The molecule has 1 heterocycles. The van der Waals surface area contributed by atoms with Crippen LogP contribution in [0.1, 0.15) is 38.8 Å². The monoisotopic (exact) mass is 388 g/mol. The zero-order valence-electron chi connectivity index (χ0n) is 14.6. The summed E-state index contributed by atoms with van der Waals surface area (Å²) in [4.78, 5) is 33.8. The van der Waals surface area contributed by atoms with Crippen LogP contribution in [0, 0.1) is 21.8 Å². The maximum atomic E-state index is 13.1. The predicted octanol–water partition coefficient (Wildman–Crippen LogP) is 2.94. The number of carbonyl (C=O) groups is 2. The second kappa shape index (κ2) is 8.13. The van der Waals surface area contributed by atoms with E-state index in [2.05, 4.69) is 5.32 Å². The molecule has 1 aliphatic rings. The number of carbonyl (C=O) groups excluding carboxylic acids is 1. The van der Waals surface area contributed by atoms with Crippen molar-refractivity contribution in [3.8, 4) is 0 Å². The number of hydrogen-bond acceptors (Lipinski definition) is 5. The van der Waals surface area contributed by atoms with Crippen LogP contribution in [0.2, 0.25) is 0 Å². The van der Waals surface area contributed by atoms with Crippen LogP contribution >= 0.6 is 0 Å². The van der Waals surface area contributed by atoms with Crippen LogP contribution < -0.4 is 5.32 Å². The number of amides is 1. The molecule has 0 radical (unpaired) electrons. The molecule has 8 nitrogen and oxygen atoms in total. The van der Waals surface area contributed by atoms with Crippen LogP contribution in [-0.4, -0.2) is 35.1 Å². The first-order valence-corrected chi connectivity index (χ1v) is 8.53. The molecule has 1 fully saturated rings. The van der Waals surface area contributed by atoms with Crippen LogP contribution in [0.3, 0.4) is 0 Å². The average Bonchev–Trinajstić information content (AvgIpc) is 3.14. The van der Waals surface area contributed by atoms with E-state index in [9.17, 15) is 24.1 Å². The van der Waals surface area contributed by atoms with Gasteiger partial charge in [0.25, 0.3) is 11.6 Å². The van der Waals surface area contributed by atoms with Crippen LogP contribution in [-0.2, 0) is 4.74 Å². The fourth-order valence-electron chi connectivity index (χ4n) is 3.16. The van der Waals surface area contributed by atoms with E-state index in [-0.39, 0.29) is 35.5 Å². The highest BCUT2D eigenvalue weighted by molar-refractivity contribution is 5.98.